The molecule has 0 unspecified atom stereocenters. The summed E-state index contributed by atoms with van der Waals surface area (Å²) in [5.41, 5.74) is 1.30. The van der Waals surface area contributed by atoms with E-state index in [9.17, 15) is 0 Å². The predicted molar refractivity (Wildman–Crippen MR) is 74.5 cm³/mol. The molecule has 2 heterocycles. The predicted octanol–water partition coefficient (Wildman–Crippen LogP) is 1.87. The van der Waals surface area contributed by atoms with E-state index >= 15 is 0 Å². The van der Waals surface area contributed by atoms with Crippen molar-refractivity contribution in [3.05, 3.63) is 18.2 Å². The van der Waals surface area contributed by atoms with Gasteiger partial charge in [0.2, 0.25) is 0 Å². The van der Waals surface area contributed by atoms with Gasteiger partial charge in [0.25, 0.3) is 0 Å². The largest absolute Gasteiger partial charge is 0.334 e. The number of nitrogens with one attached hydrogen (secondary N) is 1. The molecule has 0 radical (unpaired) electrons. The SMILES string of the molecule is CCCN1CCC(NCc2cncn2CC)CC1. The second kappa shape index (κ2) is 6.90. The van der Waals surface area contributed by atoms with Crippen LogP contribution in [0, 0.1) is 0 Å². The average molecular weight is 250 g/mol. The van der Waals surface area contributed by atoms with Crippen LogP contribution in [0.25, 0.3) is 0 Å². The molecule has 0 bridgehead atoms. The molecule has 4 nitrogen and oxygen atoms in total. The maximum Gasteiger partial charge on any atom is 0.0948 e. The Bertz CT molecular complexity index is 339. The molecule has 0 aromatic carbocycles. The number of aromatic nitrogens is 2. The molecule has 1 fully saturated rings. The van der Waals surface area contributed by atoms with Crippen molar-refractivity contribution < 1.29 is 0 Å². The van der Waals surface area contributed by atoms with Crippen LogP contribution < -0.4 is 5.32 Å². The molecule has 18 heavy (non-hydrogen) atoms. The molecule has 1 aromatic heterocycles. The van der Waals surface area contributed by atoms with Gasteiger partial charge in [-0.25, -0.2) is 4.98 Å². The third kappa shape index (κ3) is 3.56. The molecular weight excluding hydrogens is 224 g/mol. The summed E-state index contributed by atoms with van der Waals surface area (Å²) in [6.45, 7) is 10.1. The van der Waals surface area contributed by atoms with Gasteiger partial charge in [0.05, 0.1) is 12.0 Å². The zero-order valence-electron chi connectivity index (χ0n) is 11.7. The standard InChI is InChI=1S/C14H26N4/c1-3-7-17-8-5-13(6-9-17)16-11-14-10-15-12-18(14)4-2/h10,12-13,16H,3-9,11H2,1-2H3. The number of nitrogens with zero attached hydrogens (tertiary/aromatic N) is 3. The summed E-state index contributed by atoms with van der Waals surface area (Å²) in [4.78, 5) is 6.79. The minimum Gasteiger partial charge on any atom is -0.334 e. The fraction of sp³-hybridized carbons (Fsp3) is 0.786. The van der Waals surface area contributed by atoms with Crippen LogP contribution in [0.15, 0.2) is 12.5 Å². The van der Waals surface area contributed by atoms with Gasteiger partial charge in [-0.05, 0) is 45.8 Å². The first kappa shape index (κ1) is 13.6. The fourth-order valence-corrected chi connectivity index (χ4v) is 2.71. The van der Waals surface area contributed by atoms with Crippen molar-refractivity contribution in [3.63, 3.8) is 0 Å². The Labute approximate surface area is 110 Å². The maximum absolute atomic E-state index is 4.21. The Hall–Kier alpha value is -0.870. The minimum absolute atomic E-state index is 0.679. The van der Waals surface area contributed by atoms with Crippen LogP contribution in [-0.2, 0) is 13.1 Å². The molecule has 0 aliphatic carbocycles. The summed E-state index contributed by atoms with van der Waals surface area (Å²) < 4.78 is 2.21. The van der Waals surface area contributed by atoms with Crippen LogP contribution >= 0.6 is 0 Å². The van der Waals surface area contributed by atoms with Gasteiger partial charge >= 0.3 is 0 Å². The number of rotatable bonds is 6. The second-order valence-corrected chi connectivity index (χ2v) is 5.17. The van der Waals surface area contributed by atoms with Gasteiger partial charge in [-0.3, -0.25) is 0 Å². The van der Waals surface area contributed by atoms with Crippen LogP contribution in [0.3, 0.4) is 0 Å². The second-order valence-electron chi connectivity index (χ2n) is 5.17. The summed E-state index contributed by atoms with van der Waals surface area (Å²) in [6, 6.07) is 0.679. The highest BCUT2D eigenvalue weighted by molar-refractivity contribution is 4.98. The molecule has 1 aliphatic heterocycles. The lowest BCUT2D eigenvalue weighted by atomic mass is 10.0. The summed E-state index contributed by atoms with van der Waals surface area (Å²) in [5.74, 6) is 0. The summed E-state index contributed by atoms with van der Waals surface area (Å²) in [6.07, 6.45) is 7.72. The van der Waals surface area contributed by atoms with E-state index in [2.05, 4.69) is 33.6 Å². The van der Waals surface area contributed by atoms with Crippen molar-refractivity contribution >= 4 is 0 Å². The van der Waals surface area contributed by atoms with Gasteiger partial charge in [-0.1, -0.05) is 6.92 Å². The number of aryl methyl sites for hydroxylation is 1. The van der Waals surface area contributed by atoms with Crippen LogP contribution in [0.2, 0.25) is 0 Å². The highest BCUT2D eigenvalue weighted by Crippen LogP contribution is 2.11. The van der Waals surface area contributed by atoms with E-state index < -0.39 is 0 Å². The number of likely N-dealkylation sites (tertiary alicyclic amines) is 1. The van der Waals surface area contributed by atoms with Crippen molar-refractivity contribution in [1.82, 2.24) is 19.8 Å². The summed E-state index contributed by atoms with van der Waals surface area (Å²) in [5, 5.41) is 3.67. The molecule has 0 amide bonds. The van der Waals surface area contributed by atoms with E-state index in [4.69, 9.17) is 0 Å². The van der Waals surface area contributed by atoms with Gasteiger partial charge < -0.3 is 14.8 Å². The van der Waals surface area contributed by atoms with Crippen molar-refractivity contribution in [2.45, 2.75) is 52.2 Å². The van der Waals surface area contributed by atoms with Crippen molar-refractivity contribution in [2.24, 2.45) is 0 Å². The van der Waals surface area contributed by atoms with E-state index in [0.29, 0.717) is 6.04 Å². The number of imidazole rings is 1. The molecule has 4 heteroatoms. The average Bonchev–Trinajstić information content (AvgIpc) is 2.86. The smallest absolute Gasteiger partial charge is 0.0948 e. The van der Waals surface area contributed by atoms with E-state index in [1.807, 2.05) is 12.5 Å². The third-order valence-electron chi connectivity index (χ3n) is 3.84. The summed E-state index contributed by atoms with van der Waals surface area (Å²) in [7, 11) is 0. The minimum atomic E-state index is 0.679. The molecule has 102 valence electrons. The zero-order valence-corrected chi connectivity index (χ0v) is 11.7. The van der Waals surface area contributed by atoms with Crippen LogP contribution in [0.1, 0.15) is 38.8 Å². The molecule has 1 aliphatic rings. The van der Waals surface area contributed by atoms with Crippen LogP contribution in [0.5, 0.6) is 0 Å². The normalized spacial score (nSPS) is 18.3. The van der Waals surface area contributed by atoms with Crippen LogP contribution in [-0.4, -0.2) is 40.1 Å². The topological polar surface area (TPSA) is 33.1 Å². The quantitative estimate of drug-likeness (QED) is 0.836. The Kier molecular flexibility index (Phi) is 5.20. The lowest BCUT2D eigenvalue weighted by Crippen LogP contribution is -2.42. The van der Waals surface area contributed by atoms with Gasteiger partial charge in [0.15, 0.2) is 0 Å². The van der Waals surface area contributed by atoms with Gasteiger partial charge in [0.1, 0.15) is 0 Å². The van der Waals surface area contributed by atoms with Crippen molar-refractivity contribution in [2.75, 3.05) is 19.6 Å². The number of hydrogen-bond acceptors (Lipinski definition) is 3. The van der Waals surface area contributed by atoms with Gasteiger partial charge in [-0.15, -0.1) is 0 Å². The monoisotopic (exact) mass is 250 g/mol. The lowest BCUT2D eigenvalue weighted by molar-refractivity contribution is 0.197. The van der Waals surface area contributed by atoms with Crippen molar-refractivity contribution in [1.29, 1.82) is 0 Å². The Morgan fingerprint density at radius 2 is 2.11 bits per heavy atom. The van der Waals surface area contributed by atoms with E-state index in [0.717, 1.165) is 13.1 Å². The molecule has 1 saturated heterocycles. The molecule has 2 rings (SSSR count). The lowest BCUT2D eigenvalue weighted by Gasteiger charge is -2.32. The fourth-order valence-electron chi connectivity index (χ4n) is 2.71. The number of piperidine rings is 1. The first-order valence-corrected chi connectivity index (χ1v) is 7.28. The first-order valence-electron chi connectivity index (χ1n) is 7.28. The summed E-state index contributed by atoms with van der Waals surface area (Å²) >= 11 is 0. The van der Waals surface area contributed by atoms with E-state index in [1.165, 1.54) is 44.6 Å². The van der Waals surface area contributed by atoms with Crippen molar-refractivity contribution in [3.8, 4) is 0 Å². The van der Waals surface area contributed by atoms with E-state index in [-0.39, 0.29) is 0 Å². The zero-order chi connectivity index (χ0) is 12.8. The molecule has 1 N–H and O–H groups in total. The highest BCUT2D eigenvalue weighted by Gasteiger charge is 2.18. The van der Waals surface area contributed by atoms with Gasteiger partial charge in [-0.2, -0.15) is 0 Å². The Morgan fingerprint density at radius 3 is 2.78 bits per heavy atom. The highest BCUT2D eigenvalue weighted by atomic mass is 15.1. The maximum atomic E-state index is 4.21. The molecular formula is C14H26N4. The van der Waals surface area contributed by atoms with Crippen LogP contribution in [0.4, 0.5) is 0 Å². The van der Waals surface area contributed by atoms with E-state index in [1.54, 1.807) is 0 Å². The Balaban J connectivity index is 1.72. The molecule has 1 aromatic rings. The number of hydrogen-bond donors (Lipinski definition) is 1. The third-order valence-corrected chi connectivity index (χ3v) is 3.84. The molecule has 0 spiro atoms. The van der Waals surface area contributed by atoms with Gasteiger partial charge in [0, 0.05) is 25.3 Å². The first-order chi connectivity index (χ1) is 8.83. The molecule has 0 saturated carbocycles. The Morgan fingerprint density at radius 1 is 1.33 bits per heavy atom. The molecule has 0 atom stereocenters.